The van der Waals surface area contributed by atoms with Crippen molar-refractivity contribution in [1.29, 1.82) is 0 Å². The van der Waals surface area contributed by atoms with Crippen LogP contribution < -0.4 is 0 Å². The monoisotopic (exact) mass is 291 g/mol. The van der Waals surface area contributed by atoms with E-state index in [0.717, 1.165) is 28.7 Å². The molecule has 3 rings (SSSR count). The lowest BCUT2D eigenvalue weighted by molar-refractivity contribution is -0.121. The third-order valence-electron chi connectivity index (χ3n) is 4.71. The van der Waals surface area contributed by atoms with Crippen molar-refractivity contribution in [2.75, 3.05) is 14.1 Å². The molecule has 0 aliphatic heterocycles. The van der Waals surface area contributed by atoms with Crippen LogP contribution in [0.15, 0.2) is 60.7 Å². The average molecular weight is 291 g/mol. The summed E-state index contributed by atoms with van der Waals surface area (Å²) in [7, 11) is 3.96. The van der Waals surface area contributed by atoms with Crippen molar-refractivity contribution < 1.29 is 4.79 Å². The molecular formula is C20H21NO. The summed E-state index contributed by atoms with van der Waals surface area (Å²) in [6, 6.07) is 20.3. The summed E-state index contributed by atoms with van der Waals surface area (Å²) >= 11 is 0. The second-order valence-electron chi connectivity index (χ2n) is 6.26. The zero-order valence-corrected chi connectivity index (χ0v) is 13.3. The number of carbonyl (C=O) groups is 1. The fraction of sp³-hybridized carbons (Fsp3) is 0.250. The molecule has 0 bridgehead atoms. The molecule has 0 heterocycles. The third kappa shape index (κ3) is 2.30. The van der Waals surface area contributed by atoms with Gasteiger partial charge in [-0.2, -0.15) is 0 Å². The molecule has 22 heavy (non-hydrogen) atoms. The minimum Gasteiger partial charge on any atom is -0.297 e. The predicted molar refractivity (Wildman–Crippen MR) is 91.4 cm³/mol. The standard InChI is InChI=1S/C20H21NO/c1-20(21(2)3)14-17(15-10-6-4-7-11-15)18(19(20)22)16-12-8-5-9-13-16/h4-13H,14H2,1-3H3. The minimum atomic E-state index is -0.476. The fourth-order valence-electron chi connectivity index (χ4n) is 3.08. The van der Waals surface area contributed by atoms with Gasteiger partial charge >= 0.3 is 0 Å². The van der Waals surface area contributed by atoms with Crippen LogP contribution >= 0.6 is 0 Å². The molecule has 1 aliphatic carbocycles. The number of carbonyl (C=O) groups excluding carboxylic acids is 1. The summed E-state index contributed by atoms with van der Waals surface area (Å²) in [6.07, 6.45) is 0.743. The third-order valence-corrected chi connectivity index (χ3v) is 4.71. The summed E-state index contributed by atoms with van der Waals surface area (Å²) in [5.41, 5.74) is 3.68. The first-order chi connectivity index (χ1) is 10.5. The molecule has 1 aliphatic rings. The molecule has 0 aromatic heterocycles. The van der Waals surface area contributed by atoms with Crippen molar-refractivity contribution in [3.8, 4) is 0 Å². The maximum Gasteiger partial charge on any atom is 0.184 e. The van der Waals surface area contributed by atoms with Crippen molar-refractivity contribution in [1.82, 2.24) is 4.90 Å². The lowest BCUT2D eigenvalue weighted by Gasteiger charge is -2.31. The molecule has 0 amide bonds. The zero-order valence-electron chi connectivity index (χ0n) is 13.3. The molecule has 1 atom stereocenters. The van der Waals surface area contributed by atoms with Crippen LogP contribution in [0.4, 0.5) is 0 Å². The van der Waals surface area contributed by atoms with Gasteiger partial charge in [-0.1, -0.05) is 60.7 Å². The Bertz CT molecular complexity index is 716. The van der Waals surface area contributed by atoms with Gasteiger partial charge in [-0.3, -0.25) is 9.69 Å². The highest BCUT2D eigenvalue weighted by atomic mass is 16.1. The van der Waals surface area contributed by atoms with Gasteiger partial charge < -0.3 is 0 Å². The molecule has 0 fully saturated rings. The average Bonchev–Trinajstić information content (AvgIpc) is 2.82. The van der Waals surface area contributed by atoms with Crippen LogP contribution in [0.1, 0.15) is 24.5 Å². The van der Waals surface area contributed by atoms with E-state index in [1.165, 1.54) is 0 Å². The summed E-state index contributed by atoms with van der Waals surface area (Å²) in [5, 5.41) is 0. The maximum atomic E-state index is 13.2. The Labute approximate surface area is 132 Å². The van der Waals surface area contributed by atoms with Crippen LogP contribution in [-0.2, 0) is 4.79 Å². The number of benzene rings is 2. The lowest BCUT2D eigenvalue weighted by Crippen LogP contribution is -2.45. The molecule has 2 heteroatoms. The van der Waals surface area contributed by atoms with Gasteiger partial charge in [-0.25, -0.2) is 0 Å². The van der Waals surface area contributed by atoms with E-state index in [1.807, 2.05) is 74.4 Å². The van der Waals surface area contributed by atoms with Crippen molar-refractivity contribution in [2.45, 2.75) is 18.9 Å². The Morgan fingerprint density at radius 3 is 1.86 bits per heavy atom. The van der Waals surface area contributed by atoms with E-state index < -0.39 is 5.54 Å². The van der Waals surface area contributed by atoms with E-state index >= 15 is 0 Å². The molecule has 0 N–H and O–H groups in total. The highest BCUT2D eigenvalue weighted by molar-refractivity contribution is 6.34. The van der Waals surface area contributed by atoms with Gasteiger partial charge in [0.1, 0.15) is 0 Å². The first kappa shape index (κ1) is 14.7. The second kappa shape index (κ2) is 5.54. The molecule has 112 valence electrons. The molecule has 0 saturated heterocycles. The quantitative estimate of drug-likeness (QED) is 0.855. The molecular weight excluding hydrogens is 270 g/mol. The molecule has 0 spiro atoms. The largest absolute Gasteiger partial charge is 0.297 e. The van der Waals surface area contributed by atoms with Crippen LogP contribution in [-0.4, -0.2) is 30.3 Å². The van der Waals surface area contributed by atoms with Crippen LogP contribution in [0.2, 0.25) is 0 Å². The van der Waals surface area contributed by atoms with Crippen molar-refractivity contribution >= 4 is 16.9 Å². The number of ketones is 1. The predicted octanol–water partition coefficient (Wildman–Crippen LogP) is 3.89. The van der Waals surface area contributed by atoms with Gasteiger partial charge in [0.05, 0.1) is 5.54 Å². The second-order valence-corrected chi connectivity index (χ2v) is 6.26. The van der Waals surface area contributed by atoms with E-state index in [2.05, 4.69) is 12.1 Å². The molecule has 0 saturated carbocycles. The zero-order chi connectivity index (χ0) is 15.7. The smallest absolute Gasteiger partial charge is 0.184 e. The SMILES string of the molecule is CN(C)C1(C)CC(c2ccccc2)=C(c2ccccc2)C1=O. The van der Waals surface area contributed by atoms with E-state index in [-0.39, 0.29) is 5.78 Å². The Morgan fingerprint density at radius 1 is 0.864 bits per heavy atom. The number of nitrogens with zero attached hydrogens (tertiary/aromatic N) is 1. The van der Waals surface area contributed by atoms with E-state index in [1.54, 1.807) is 0 Å². The van der Waals surface area contributed by atoms with Gasteiger partial charge in [0.15, 0.2) is 5.78 Å². The topological polar surface area (TPSA) is 20.3 Å². The van der Waals surface area contributed by atoms with E-state index in [0.29, 0.717) is 0 Å². The summed E-state index contributed by atoms with van der Waals surface area (Å²) in [6.45, 7) is 2.04. The first-order valence-corrected chi connectivity index (χ1v) is 7.60. The Hall–Kier alpha value is -2.19. The summed E-state index contributed by atoms with van der Waals surface area (Å²) in [4.78, 5) is 15.2. The number of hydrogen-bond acceptors (Lipinski definition) is 2. The fourth-order valence-corrected chi connectivity index (χ4v) is 3.08. The number of likely N-dealkylation sites (N-methyl/N-ethyl adjacent to an activating group) is 1. The van der Waals surface area contributed by atoms with Gasteiger partial charge in [-0.15, -0.1) is 0 Å². The Kier molecular flexibility index (Phi) is 3.71. The van der Waals surface area contributed by atoms with Crippen LogP contribution in [0.5, 0.6) is 0 Å². The highest BCUT2D eigenvalue weighted by Crippen LogP contribution is 2.44. The molecule has 0 radical (unpaired) electrons. The van der Waals surface area contributed by atoms with Crippen LogP contribution in [0.25, 0.3) is 11.1 Å². The van der Waals surface area contributed by atoms with Gasteiger partial charge in [0.25, 0.3) is 0 Å². The van der Waals surface area contributed by atoms with Crippen LogP contribution in [0.3, 0.4) is 0 Å². The van der Waals surface area contributed by atoms with E-state index in [9.17, 15) is 4.79 Å². The van der Waals surface area contributed by atoms with Crippen LogP contribution in [0, 0.1) is 0 Å². The van der Waals surface area contributed by atoms with E-state index in [4.69, 9.17) is 0 Å². The Balaban J connectivity index is 2.19. The van der Waals surface area contributed by atoms with Gasteiger partial charge in [0.2, 0.25) is 0 Å². The number of hydrogen-bond donors (Lipinski definition) is 0. The Morgan fingerprint density at radius 2 is 1.36 bits per heavy atom. The lowest BCUT2D eigenvalue weighted by atomic mass is 9.92. The summed E-state index contributed by atoms with van der Waals surface area (Å²) < 4.78 is 0. The molecule has 2 aromatic carbocycles. The van der Waals surface area contributed by atoms with Crippen molar-refractivity contribution in [3.63, 3.8) is 0 Å². The molecule has 2 aromatic rings. The minimum absolute atomic E-state index is 0.211. The molecule has 1 unspecified atom stereocenters. The van der Waals surface area contributed by atoms with Gasteiger partial charge in [0, 0.05) is 5.57 Å². The van der Waals surface area contributed by atoms with Gasteiger partial charge in [-0.05, 0) is 44.1 Å². The van der Waals surface area contributed by atoms with Crippen molar-refractivity contribution in [2.24, 2.45) is 0 Å². The first-order valence-electron chi connectivity index (χ1n) is 7.60. The summed E-state index contributed by atoms with van der Waals surface area (Å²) in [5.74, 6) is 0.211. The maximum absolute atomic E-state index is 13.2. The molecule has 2 nitrogen and oxygen atoms in total. The normalized spacial score (nSPS) is 21.7. The van der Waals surface area contributed by atoms with Crippen molar-refractivity contribution in [3.05, 3.63) is 71.8 Å². The number of rotatable bonds is 3. The number of Topliss-reactive ketones (excluding diaryl/α,β-unsaturated/α-hetero) is 1. The highest BCUT2D eigenvalue weighted by Gasteiger charge is 2.45.